The van der Waals surface area contributed by atoms with Crippen LogP contribution in [0.25, 0.3) is 0 Å². The van der Waals surface area contributed by atoms with Crippen molar-refractivity contribution in [2.24, 2.45) is 5.73 Å². The minimum atomic E-state index is 0.0417. The maximum Gasteiger partial charge on any atom is 0.0718 e. The Bertz CT molecular complexity index is 53.0. The Kier molecular flexibility index (Phi) is 5.93. The van der Waals surface area contributed by atoms with Crippen molar-refractivity contribution >= 4 is 0 Å². The van der Waals surface area contributed by atoms with E-state index in [1.165, 1.54) is 0 Å². The molecule has 0 aliphatic heterocycles. The van der Waals surface area contributed by atoms with Gasteiger partial charge in [0.15, 0.2) is 0 Å². The molecule has 0 amide bonds. The molecule has 0 aromatic carbocycles. The molecule has 3 heteroatoms. The van der Waals surface area contributed by atoms with Crippen LogP contribution < -0.4 is 5.73 Å². The Labute approximate surface area is 55.8 Å². The molecule has 0 aromatic rings. The molecule has 0 aliphatic carbocycles. The van der Waals surface area contributed by atoms with E-state index in [0.717, 1.165) is 0 Å². The smallest absolute Gasteiger partial charge is 0.0718 e. The van der Waals surface area contributed by atoms with Gasteiger partial charge in [-0.05, 0) is 13.3 Å². The molecular weight excluding hydrogens is 118 g/mol. The zero-order chi connectivity index (χ0) is 7.11. The molecule has 1 unspecified atom stereocenters. The molecule has 0 saturated carbocycles. The van der Waals surface area contributed by atoms with E-state index in [2.05, 4.69) is 0 Å². The summed E-state index contributed by atoms with van der Waals surface area (Å²) in [6, 6.07) is 0. The van der Waals surface area contributed by atoms with Gasteiger partial charge >= 0.3 is 0 Å². The molecule has 0 aliphatic rings. The number of aliphatic hydroxyl groups excluding tert-OH is 1. The molecule has 0 bridgehead atoms. The van der Waals surface area contributed by atoms with Crippen LogP contribution in [0.5, 0.6) is 0 Å². The van der Waals surface area contributed by atoms with E-state index in [0.29, 0.717) is 19.6 Å². The van der Waals surface area contributed by atoms with Crippen molar-refractivity contribution in [3.8, 4) is 0 Å². The number of nitrogens with two attached hydrogens (primary N) is 1. The maximum atomic E-state index is 8.46. The first-order chi connectivity index (χ1) is 4.35. The largest absolute Gasteiger partial charge is 0.396 e. The number of ether oxygens (including phenoxy) is 1. The third-order valence-corrected chi connectivity index (χ3v) is 1.12. The van der Waals surface area contributed by atoms with Gasteiger partial charge < -0.3 is 15.6 Å². The van der Waals surface area contributed by atoms with Crippen LogP contribution in [0.15, 0.2) is 0 Å². The van der Waals surface area contributed by atoms with Crippen LogP contribution in [0.4, 0.5) is 0 Å². The van der Waals surface area contributed by atoms with E-state index in [9.17, 15) is 0 Å². The van der Waals surface area contributed by atoms with Crippen LogP contribution in [-0.4, -0.2) is 31.0 Å². The first kappa shape index (κ1) is 8.88. The van der Waals surface area contributed by atoms with Crippen molar-refractivity contribution in [3.63, 3.8) is 0 Å². The lowest BCUT2D eigenvalue weighted by atomic mass is 10.3. The number of hydrogen-bond donors (Lipinski definition) is 2. The minimum absolute atomic E-state index is 0.0417. The van der Waals surface area contributed by atoms with Crippen LogP contribution in [0.3, 0.4) is 0 Å². The van der Waals surface area contributed by atoms with E-state index in [-0.39, 0.29) is 12.7 Å². The Morgan fingerprint density at radius 2 is 2.33 bits per heavy atom. The predicted octanol–water partition coefficient (Wildman–Crippen LogP) is -0.267. The Morgan fingerprint density at radius 3 is 2.67 bits per heavy atom. The zero-order valence-corrected chi connectivity index (χ0v) is 5.84. The van der Waals surface area contributed by atoms with Gasteiger partial charge in [-0.1, -0.05) is 0 Å². The van der Waals surface area contributed by atoms with Crippen molar-refractivity contribution in [2.75, 3.05) is 19.8 Å². The standard InChI is InChI=1S/C6H15NO2/c1-2-9-6(5-7)3-4-8/h6,8H,2-5,7H2,1H3. The van der Waals surface area contributed by atoms with Gasteiger partial charge in [0.2, 0.25) is 0 Å². The Balaban J connectivity index is 3.18. The molecular formula is C6H15NO2. The number of rotatable bonds is 5. The summed E-state index contributed by atoms with van der Waals surface area (Å²) in [7, 11) is 0. The lowest BCUT2D eigenvalue weighted by Gasteiger charge is -2.11. The second-order valence-corrected chi connectivity index (χ2v) is 1.83. The summed E-state index contributed by atoms with van der Waals surface area (Å²) in [5.74, 6) is 0. The van der Waals surface area contributed by atoms with Crippen LogP contribution in [0.1, 0.15) is 13.3 Å². The molecule has 0 aromatic heterocycles. The summed E-state index contributed by atoms with van der Waals surface area (Å²) in [5.41, 5.74) is 5.31. The van der Waals surface area contributed by atoms with E-state index in [1.54, 1.807) is 0 Å². The maximum absolute atomic E-state index is 8.46. The van der Waals surface area contributed by atoms with Gasteiger partial charge in [-0.2, -0.15) is 0 Å². The van der Waals surface area contributed by atoms with Crippen LogP contribution >= 0.6 is 0 Å². The van der Waals surface area contributed by atoms with Gasteiger partial charge in [-0.3, -0.25) is 0 Å². The van der Waals surface area contributed by atoms with Gasteiger partial charge in [0.05, 0.1) is 6.10 Å². The summed E-state index contributed by atoms with van der Waals surface area (Å²) < 4.78 is 5.15. The van der Waals surface area contributed by atoms with E-state index in [1.807, 2.05) is 6.92 Å². The number of hydrogen-bond acceptors (Lipinski definition) is 3. The summed E-state index contributed by atoms with van der Waals surface area (Å²) in [6.07, 6.45) is 0.685. The van der Waals surface area contributed by atoms with Crippen LogP contribution in [0, 0.1) is 0 Å². The normalized spacial score (nSPS) is 13.7. The second kappa shape index (κ2) is 6.01. The average molecular weight is 133 g/mol. The molecule has 9 heavy (non-hydrogen) atoms. The molecule has 0 heterocycles. The first-order valence-corrected chi connectivity index (χ1v) is 3.27. The second-order valence-electron chi connectivity index (χ2n) is 1.83. The summed E-state index contributed by atoms with van der Waals surface area (Å²) in [6.45, 7) is 3.23. The highest BCUT2D eigenvalue weighted by molar-refractivity contribution is 4.56. The fourth-order valence-corrected chi connectivity index (χ4v) is 0.649. The quantitative estimate of drug-likeness (QED) is 0.543. The highest BCUT2D eigenvalue weighted by atomic mass is 16.5. The zero-order valence-electron chi connectivity index (χ0n) is 5.84. The Hall–Kier alpha value is -0.120. The van der Waals surface area contributed by atoms with Crippen molar-refractivity contribution in [1.82, 2.24) is 0 Å². The van der Waals surface area contributed by atoms with E-state index in [4.69, 9.17) is 15.6 Å². The van der Waals surface area contributed by atoms with E-state index < -0.39 is 0 Å². The van der Waals surface area contributed by atoms with Crippen molar-refractivity contribution < 1.29 is 9.84 Å². The summed E-state index contributed by atoms with van der Waals surface area (Å²) in [5, 5.41) is 8.46. The van der Waals surface area contributed by atoms with Crippen molar-refractivity contribution in [1.29, 1.82) is 0 Å². The topological polar surface area (TPSA) is 55.5 Å². The molecule has 0 radical (unpaired) electrons. The van der Waals surface area contributed by atoms with Gasteiger partial charge in [0.25, 0.3) is 0 Å². The minimum Gasteiger partial charge on any atom is -0.396 e. The average Bonchev–Trinajstić information content (AvgIpc) is 1.88. The van der Waals surface area contributed by atoms with Crippen molar-refractivity contribution in [3.05, 3.63) is 0 Å². The molecule has 0 fully saturated rings. The Morgan fingerprint density at radius 1 is 1.67 bits per heavy atom. The predicted molar refractivity (Wildman–Crippen MR) is 36.2 cm³/mol. The van der Waals surface area contributed by atoms with Gasteiger partial charge in [-0.25, -0.2) is 0 Å². The molecule has 3 nitrogen and oxygen atoms in total. The highest BCUT2D eigenvalue weighted by Gasteiger charge is 2.02. The van der Waals surface area contributed by atoms with Crippen LogP contribution in [-0.2, 0) is 4.74 Å². The highest BCUT2D eigenvalue weighted by Crippen LogP contribution is 1.93. The fourth-order valence-electron chi connectivity index (χ4n) is 0.649. The number of aliphatic hydroxyl groups is 1. The SMILES string of the molecule is CCOC(CN)CCO. The molecule has 0 rings (SSSR count). The lowest BCUT2D eigenvalue weighted by molar-refractivity contribution is 0.0500. The fraction of sp³-hybridized carbons (Fsp3) is 1.00. The summed E-state index contributed by atoms with van der Waals surface area (Å²) >= 11 is 0. The van der Waals surface area contributed by atoms with Crippen molar-refractivity contribution in [2.45, 2.75) is 19.4 Å². The monoisotopic (exact) mass is 133 g/mol. The third-order valence-electron chi connectivity index (χ3n) is 1.12. The molecule has 1 atom stereocenters. The van der Waals surface area contributed by atoms with Gasteiger partial charge in [0.1, 0.15) is 0 Å². The third kappa shape index (κ3) is 4.39. The molecule has 0 spiro atoms. The lowest BCUT2D eigenvalue weighted by Crippen LogP contribution is -2.24. The molecule has 3 N–H and O–H groups in total. The van der Waals surface area contributed by atoms with Gasteiger partial charge in [-0.15, -0.1) is 0 Å². The molecule has 56 valence electrons. The summed E-state index contributed by atoms with van der Waals surface area (Å²) in [4.78, 5) is 0. The molecule has 0 saturated heterocycles. The van der Waals surface area contributed by atoms with Crippen LogP contribution in [0.2, 0.25) is 0 Å². The van der Waals surface area contributed by atoms with E-state index >= 15 is 0 Å². The first-order valence-electron chi connectivity index (χ1n) is 3.27. The van der Waals surface area contributed by atoms with Gasteiger partial charge in [0, 0.05) is 19.8 Å².